The van der Waals surface area contributed by atoms with Crippen LogP contribution in [0, 0.1) is 68.0 Å². The van der Waals surface area contributed by atoms with Crippen LogP contribution in [0.2, 0.25) is 0 Å². The van der Waals surface area contributed by atoms with E-state index in [4.69, 9.17) is 9.90 Å². The summed E-state index contributed by atoms with van der Waals surface area (Å²) < 4.78 is 0. The molecule has 5 heteroatoms. The van der Waals surface area contributed by atoms with Crippen molar-refractivity contribution in [3.63, 3.8) is 0 Å². The lowest BCUT2D eigenvalue weighted by Gasteiger charge is -2.66. The second-order valence-corrected chi connectivity index (χ2v) is 14.8. The van der Waals surface area contributed by atoms with Crippen LogP contribution in [0.4, 0.5) is 0 Å². The molecule has 5 rings (SSSR count). The van der Waals surface area contributed by atoms with E-state index in [-0.39, 0.29) is 34.9 Å². The van der Waals surface area contributed by atoms with Crippen molar-refractivity contribution in [2.75, 3.05) is 0 Å². The van der Waals surface area contributed by atoms with Gasteiger partial charge in [-0.25, -0.2) is 0 Å². The second-order valence-electron chi connectivity index (χ2n) is 14.8. The molecule has 0 aliphatic heterocycles. The van der Waals surface area contributed by atoms with Gasteiger partial charge in [0.2, 0.25) is 0 Å². The summed E-state index contributed by atoms with van der Waals surface area (Å²) in [6, 6.07) is 2.33. The standard InChI is InChI=1S/C30H43NO2.CH2O2/c1-26(2)12-13-28(5)10-8-19-24(20(28)16-26)21(32)14-23-29(19,6)11-9-22-27(3,4)25(33)18(17-31)15-30(22,23)7;2-1-3/h14,18-20,22,24H,8-13,15-16H2,1-7H3;1H,(H,2,3). The monoisotopic (exact) mass is 495 g/mol. The van der Waals surface area contributed by atoms with Gasteiger partial charge in [0.05, 0.1) is 6.07 Å². The molecule has 0 bridgehead atoms. The van der Waals surface area contributed by atoms with Gasteiger partial charge in [-0.3, -0.25) is 14.4 Å². The van der Waals surface area contributed by atoms with Gasteiger partial charge in [-0.1, -0.05) is 54.0 Å². The quantitative estimate of drug-likeness (QED) is 0.381. The third-order valence-corrected chi connectivity index (χ3v) is 11.9. The Morgan fingerprint density at radius 1 is 0.917 bits per heavy atom. The first-order valence-electron chi connectivity index (χ1n) is 13.9. The maximum absolute atomic E-state index is 14.0. The zero-order valence-corrected chi connectivity index (χ0v) is 23.3. The molecule has 0 spiro atoms. The molecule has 8 atom stereocenters. The summed E-state index contributed by atoms with van der Waals surface area (Å²) in [5, 5.41) is 16.7. The fourth-order valence-corrected chi connectivity index (χ4v) is 10.0. The van der Waals surface area contributed by atoms with Gasteiger partial charge in [-0.05, 0) is 96.9 Å². The molecule has 4 fully saturated rings. The topological polar surface area (TPSA) is 95.2 Å². The van der Waals surface area contributed by atoms with Gasteiger partial charge in [0.1, 0.15) is 5.92 Å². The molecular formula is C31H45NO4. The van der Waals surface area contributed by atoms with E-state index >= 15 is 0 Å². The van der Waals surface area contributed by atoms with Crippen LogP contribution >= 0.6 is 0 Å². The third kappa shape index (κ3) is 3.72. The molecule has 4 saturated carbocycles. The van der Waals surface area contributed by atoms with Crippen LogP contribution in [0.1, 0.15) is 99.8 Å². The highest BCUT2D eigenvalue weighted by Gasteiger charge is 2.66. The molecule has 5 nitrogen and oxygen atoms in total. The van der Waals surface area contributed by atoms with Crippen LogP contribution in [0.25, 0.3) is 0 Å². The number of nitriles is 1. The molecule has 198 valence electrons. The van der Waals surface area contributed by atoms with Gasteiger partial charge in [0, 0.05) is 11.3 Å². The summed E-state index contributed by atoms with van der Waals surface area (Å²) in [4.78, 5) is 35.5. The van der Waals surface area contributed by atoms with Crippen molar-refractivity contribution in [1.82, 2.24) is 0 Å². The molecule has 0 amide bonds. The summed E-state index contributed by atoms with van der Waals surface area (Å²) in [6.07, 6.45) is 10.8. The molecule has 0 aromatic heterocycles. The number of carbonyl (C=O) groups excluding carboxylic acids is 2. The number of hydrogen-bond acceptors (Lipinski definition) is 4. The van der Waals surface area contributed by atoms with Crippen molar-refractivity contribution >= 4 is 18.0 Å². The van der Waals surface area contributed by atoms with Gasteiger partial charge in [-0.2, -0.15) is 5.26 Å². The Bertz CT molecular complexity index is 1030. The van der Waals surface area contributed by atoms with Crippen LogP contribution in [-0.2, 0) is 14.4 Å². The van der Waals surface area contributed by atoms with Gasteiger partial charge in [-0.15, -0.1) is 0 Å². The molecule has 5 aliphatic rings. The first kappa shape index (κ1) is 27.1. The van der Waals surface area contributed by atoms with Crippen LogP contribution in [-0.4, -0.2) is 23.1 Å². The summed E-state index contributed by atoms with van der Waals surface area (Å²) >= 11 is 0. The van der Waals surface area contributed by atoms with E-state index in [9.17, 15) is 14.9 Å². The maximum Gasteiger partial charge on any atom is 0.290 e. The van der Waals surface area contributed by atoms with E-state index in [2.05, 4.69) is 60.6 Å². The predicted molar refractivity (Wildman–Crippen MR) is 139 cm³/mol. The highest BCUT2D eigenvalue weighted by atomic mass is 16.3. The van der Waals surface area contributed by atoms with Crippen molar-refractivity contribution in [1.29, 1.82) is 5.26 Å². The average Bonchev–Trinajstić information content (AvgIpc) is 2.78. The first-order valence-corrected chi connectivity index (χ1v) is 13.9. The summed E-state index contributed by atoms with van der Waals surface area (Å²) in [7, 11) is 0. The zero-order chi connectivity index (χ0) is 26.9. The lowest BCUT2D eigenvalue weighted by molar-refractivity contribution is -0.155. The second kappa shape index (κ2) is 8.53. The number of rotatable bonds is 0. The number of carbonyl (C=O) groups is 3. The molecule has 0 radical (unpaired) electrons. The minimum atomic E-state index is -0.564. The summed E-state index contributed by atoms with van der Waals surface area (Å²) in [5.74, 6) is 1.11. The van der Waals surface area contributed by atoms with Crippen LogP contribution < -0.4 is 0 Å². The highest BCUT2D eigenvalue weighted by molar-refractivity contribution is 5.95. The van der Waals surface area contributed by atoms with E-state index < -0.39 is 11.3 Å². The molecule has 0 aromatic carbocycles. The minimum Gasteiger partial charge on any atom is -0.483 e. The van der Waals surface area contributed by atoms with Gasteiger partial charge < -0.3 is 5.11 Å². The summed E-state index contributed by atoms with van der Waals surface area (Å²) in [5.41, 5.74) is 1.13. The van der Waals surface area contributed by atoms with E-state index in [1.807, 2.05) is 0 Å². The Balaban J connectivity index is 0.000000967. The Hall–Kier alpha value is -1.96. The fourth-order valence-electron chi connectivity index (χ4n) is 10.0. The molecule has 1 N–H and O–H groups in total. The molecule has 0 heterocycles. The molecule has 0 aromatic rings. The number of ketones is 2. The van der Waals surface area contributed by atoms with Crippen molar-refractivity contribution < 1.29 is 19.5 Å². The highest BCUT2D eigenvalue weighted by Crippen LogP contribution is 2.71. The minimum absolute atomic E-state index is 0.00319. The Morgan fingerprint density at radius 3 is 2.17 bits per heavy atom. The zero-order valence-electron chi connectivity index (χ0n) is 23.3. The number of allylic oxidation sites excluding steroid dienone is 2. The van der Waals surface area contributed by atoms with Crippen LogP contribution in [0.3, 0.4) is 0 Å². The Labute approximate surface area is 217 Å². The van der Waals surface area contributed by atoms with Crippen LogP contribution in [0.5, 0.6) is 0 Å². The number of fused-ring (bicyclic) bond motifs is 7. The average molecular weight is 496 g/mol. The molecule has 0 saturated heterocycles. The Kier molecular flexibility index (Phi) is 6.42. The van der Waals surface area contributed by atoms with Crippen molar-refractivity contribution in [2.24, 2.45) is 56.7 Å². The number of hydrogen-bond donors (Lipinski definition) is 1. The lowest BCUT2D eigenvalue weighted by Crippen LogP contribution is -2.61. The fraction of sp³-hybridized carbons (Fsp3) is 0.806. The third-order valence-electron chi connectivity index (χ3n) is 11.9. The molecular weight excluding hydrogens is 450 g/mol. The smallest absolute Gasteiger partial charge is 0.290 e. The largest absolute Gasteiger partial charge is 0.483 e. The van der Waals surface area contributed by atoms with Crippen molar-refractivity contribution in [3.8, 4) is 6.07 Å². The number of carboxylic acid groups (broad SMARTS) is 1. The maximum atomic E-state index is 14.0. The van der Waals surface area contributed by atoms with E-state index in [0.29, 0.717) is 34.9 Å². The predicted octanol–water partition coefficient (Wildman–Crippen LogP) is 6.62. The molecule has 36 heavy (non-hydrogen) atoms. The van der Waals surface area contributed by atoms with E-state index in [1.54, 1.807) is 0 Å². The van der Waals surface area contributed by atoms with Crippen molar-refractivity contribution in [2.45, 2.75) is 99.8 Å². The number of Topliss-reactive ketones (excluding diaryl/α,β-unsaturated/α-hetero) is 1. The van der Waals surface area contributed by atoms with E-state index in [1.165, 1.54) is 24.8 Å². The van der Waals surface area contributed by atoms with E-state index in [0.717, 1.165) is 25.7 Å². The lowest BCUT2D eigenvalue weighted by atomic mass is 9.37. The van der Waals surface area contributed by atoms with Gasteiger partial charge in [0.15, 0.2) is 11.6 Å². The van der Waals surface area contributed by atoms with Crippen LogP contribution in [0.15, 0.2) is 11.6 Å². The normalized spacial score (nSPS) is 46.3. The molecule has 8 unspecified atom stereocenters. The van der Waals surface area contributed by atoms with Gasteiger partial charge in [0.25, 0.3) is 6.47 Å². The molecule has 5 aliphatic carbocycles. The van der Waals surface area contributed by atoms with Gasteiger partial charge >= 0.3 is 0 Å². The first-order chi connectivity index (χ1) is 16.6. The Morgan fingerprint density at radius 2 is 1.56 bits per heavy atom. The number of nitrogens with zero attached hydrogens (tertiary/aromatic N) is 1. The summed E-state index contributed by atoms with van der Waals surface area (Å²) in [6.45, 7) is 15.8. The van der Waals surface area contributed by atoms with Crippen molar-refractivity contribution in [3.05, 3.63) is 11.6 Å². The SMILES string of the molecule is CC1(C)CCC2(C)CCC3C(C(=O)C=C4C3(C)CCC3C(C)(C)C(=O)C(C#N)CC43C)C2C1.O=CO.